The standard InChI is InChI=1S/C22H31N3O5S/c1-15-12-25(13-16(2)30-15)31(28,29)20-9-7-19(8-10-20)23-21(26)18-4-3-11-24(14-18)22(27)17-5-6-17/h7-10,15-18H,3-6,11-14H2,1-2H3,(H,23,26). The smallest absolute Gasteiger partial charge is 0.243 e. The minimum Gasteiger partial charge on any atom is -0.373 e. The zero-order valence-corrected chi connectivity index (χ0v) is 18.9. The van der Waals surface area contributed by atoms with Crippen molar-refractivity contribution in [3.8, 4) is 0 Å². The number of hydrogen-bond donors (Lipinski definition) is 1. The number of sulfonamides is 1. The summed E-state index contributed by atoms with van der Waals surface area (Å²) in [6, 6.07) is 6.29. The quantitative estimate of drug-likeness (QED) is 0.742. The largest absolute Gasteiger partial charge is 0.373 e. The van der Waals surface area contributed by atoms with E-state index in [4.69, 9.17) is 4.74 Å². The third-order valence-electron chi connectivity index (χ3n) is 6.18. The highest BCUT2D eigenvalue weighted by molar-refractivity contribution is 7.89. The van der Waals surface area contributed by atoms with Crippen molar-refractivity contribution in [3.63, 3.8) is 0 Å². The highest BCUT2D eigenvalue weighted by atomic mass is 32.2. The maximum Gasteiger partial charge on any atom is 0.243 e. The van der Waals surface area contributed by atoms with Crippen LogP contribution in [0, 0.1) is 11.8 Å². The van der Waals surface area contributed by atoms with E-state index in [1.54, 1.807) is 12.1 Å². The third kappa shape index (κ3) is 5.10. The molecule has 0 bridgehead atoms. The first-order valence-corrected chi connectivity index (χ1v) is 12.5. The number of likely N-dealkylation sites (tertiary alicyclic amines) is 1. The molecule has 3 aliphatic rings. The summed E-state index contributed by atoms with van der Waals surface area (Å²) in [5.41, 5.74) is 0.554. The van der Waals surface area contributed by atoms with E-state index in [0.717, 1.165) is 32.2 Å². The number of carbonyl (C=O) groups is 2. The van der Waals surface area contributed by atoms with E-state index in [9.17, 15) is 18.0 Å². The van der Waals surface area contributed by atoms with Gasteiger partial charge in [0.1, 0.15) is 0 Å². The zero-order valence-electron chi connectivity index (χ0n) is 18.1. The molecule has 1 aliphatic carbocycles. The van der Waals surface area contributed by atoms with Gasteiger partial charge in [0.2, 0.25) is 21.8 Å². The van der Waals surface area contributed by atoms with Crippen LogP contribution in [0.4, 0.5) is 5.69 Å². The Morgan fingerprint density at radius 3 is 2.23 bits per heavy atom. The van der Waals surface area contributed by atoms with Gasteiger partial charge >= 0.3 is 0 Å². The summed E-state index contributed by atoms with van der Waals surface area (Å²) >= 11 is 0. The third-order valence-corrected chi connectivity index (χ3v) is 8.02. The van der Waals surface area contributed by atoms with Crippen LogP contribution in [0.3, 0.4) is 0 Å². The molecule has 0 aromatic heterocycles. The number of amides is 2. The van der Waals surface area contributed by atoms with E-state index in [1.807, 2.05) is 18.7 Å². The number of carbonyl (C=O) groups excluding carboxylic acids is 2. The molecular formula is C22H31N3O5S. The molecule has 1 N–H and O–H groups in total. The van der Waals surface area contributed by atoms with E-state index in [0.29, 0.717) is 25.3 Å². The second kappa shape index (κ2) is 8.88. The lowest BCUT2D eigenvalue weighted by Gasteiger charge is -2.34. The van der Waals surface area contributed by atoms with Crippen LogP contribution in [0.2, 0.25) is 0 Å². The van der Waals surface area contributed by atoms with Gasteiger partial charge in [-0.3, -0.25) is 9.59 Å². The fraction of sp³-hybridized carbons (Fsp3) is 0.636. The van der Waals surface area contributed by atoms with Gasteiger partial charge in [0.25, 0.3) is 0 Å². The molecule has 2 saturated heterocycles. The molecule has 2 amide bonds. The maximum atomic E-state index is 13.0. The highest BCUT2D eigenvalue weighted by Gasteiger charge is 2.37. The van der Waals surface area contributed by atoms with Gasteiger partial charge in [-0.2, -0.15) is 4.31 Å². The van der Waals surface area contributed by atoms with Gasteiger partial charge in [0.05, 0.1) is 23.0 Å². The summed E-state index contributed by atoms with van der Waals surface area (Å²) < 4.78 is 33.0. The van der Waals surface area contributed by atoms with Crippen molar-refractivity contribution in [3.05, 3.63) is 24.3 Å². The van der Waals surface area contributed by atoms with Crippen LogP contribution in [0.1, 0.15) is 39.5 Å². The van der Waals surface area contributed by atoms with Gasteiger partial charge in [0.15, 0.2) is 0 Å². The van der Waals surface area contributed by atoms with Crippen LogP contribution in [0.5, 0.6) is 0 Å². The van der Waals surface area contributed by atoms with E-state index in [1.165, 1.54) is 16.4 Å². The lowest BCUT2D eigenvalue weighted by Crippen LogP contribution is -2.48. The second-order valence-electron chi connectivity index (χ2n) is 8.99. The average Bonchev–Trinajstić information content (AvgIpc) is 3.58. The molecule has 8 nitrogen and oxygen atoms in total. The molecule has 0 spiro atoms. The van der Waals surface area contributed by atoms with E-state index in [2.05, 4.69) is 5.32 Å². The van der Waals surface area contributed by atoms with Gasteiger partial charge in [0, 0.05) is 37.8 Å². The first-order valence-electron chi connectivity index (χ1n) is 11.1. The van der Waals surface area contributed by atoms with Gasteiger partial charge in [-0.15, -0.1) is 0 Å². The van der Waals surface area contributed by atoms with Gasteiger partial charge < -0.3 is 15.0 Å². The Morgan fingerprint density at radius 2 is 1.61 bits per heavy atom. The van der Waals surface area contributed by atoms with Crippen molar-refractivity contribution in [1.29, 1.82) is 0 Å². The Balaban J connectivity index is 1.38. The molecule has 170 valence electrons. The summed E-state index contributed by atoms with van der Waals surface area (Å²) in [7, 11) is -3.62. The molecule has 1 saturated carbocycles. The number of hydrogen-bond acceptors (Lipinski definition) is 5. The van der Waals surface area contributed by atoms with Crippen LogP contribution in [0.25, 0.3) is 0 Å². The summed E-state index contributed by atoms with van der Waals surface area (Å²) in [6.07, 6.45) is 3.19. The van der Waals surface area contributed by atoms with Crippen molar-refractivity contribution in [2.45, 2.75) is 56.6 Å². The Bertz CT molecular complexity index is 919. The topological polar surface area (TPSA) is 96.0 Å². The number of nitrogens with one attached hydrogen (secondary N) is 1. The number of rotatable bonds is 5. The molecule has 2 heterocycles. The second-order valence-corrected chi connectivity index (χ2v) is 10.9. The van der Waals surface area contributed by atoms with Crippen LogP contribution < -0.4 is 5.32 Å². The van der Waals surface area contributed by atoms with E-state index < -0.39 is 10.0 Å². The number of nitrogens with zero attached hydrogens (tertiary/aromatic N) is 2. The number of benzene rings is 1. The van der Waals surface area contributed by atoms with Crippen molar-refractivity contribution < 1.29 is 22.7 Å². The molecule has 31 heavy (non-hydrogen) atoms. The summed E-state index contributed by atoms with van der Waals surface area (Å²) in [6.45, 7) is 5.56. The van der Waals surface area contributed by atoms with Crippen LogP contribution >= 0.6 is 0 Å². The number of ether oxygens (including phenoxy) is 1. The molecule has 4 rings (SSSR count). The summed E-state index contributed by atoms with van der Waals surface area (Å²) in [5.74, 6) is -0.0246. The molecule has 0 radical (unpaired) electrons. The first-order chi connectivity index (χ1) is 14.7. The number of piperidine rings is 1. The van der Waals surface area contributed by atoms with Crippen molar-refractivity contribution in [2.75, 3.05) is 31.5 Å². The molecule has 1 aromatic rings. The first kappa shape index (κ1) is 22.2. The van der Waals surface area contributed by atoms with Crippen LogP contribution in [0.15, 0.2) is 29.2 Å². The van der Waals surface area contributed by atoms with Crippen molar-refractivity contribution >= 4 is 27.5 Å². The van der Waals surface area contributed by atoms with Crippen molar-refractivity contribution in [2.24, 2.45) is 11.8 Å². The molecule has 2 aliphatic heterocycles. The molecular weight excluding hydrogens is 418 g/mol. The molecule has 1 aromatic carbocycles. The van der Waals surface area contributed by atoms with E-state index in [-0.39, 0.29) is 40.8 Å². The predicted octanol–water partition coefficient (Wildman–Crippen LogP) is 2.07. The minimum atomic E-state index is -3.62. The minimum absolute atomic E-state index is 0.125. The van der Waals surface area contributed by atoms with Crippen LogP contribution in [-0.2, 0) is 24.3 Å². The maximum absolute atomic E-state index is 13.0. The Kier molecular flexibility index (Phi) is 6.37. The van der Waals surface area contributed by atoms with Crippen LogP contribution in [-0.4, -0.2) is 67.8 Å². The lowest BCUT2D eigenvalue weighted by molar-refractivity contribution is -0.135. The molecule has 3 fully saturated rings. The SMILES string of the molecule is CC1CN(S(=O)(=O)c2ccc(NC(=O)C3CCCN(C(=O)C4CC4)C3)cc2)CC(C)O1. The Labute approximate surface area is 184 Å². The fourth-order valence-electron chi connectivity index (χ4n) is 4.41. The van der Waals surface area contributed by atoms with Gasteiger partial charge in [-0.25, -0.2) is 8.42 Å². The van der Waals surface area contributed by atoms with E-state index >= 15 is 0 Å². The lowest BCUT2D eigenvalue weighted by atomic mass is 9.96. The van der Waals surface area contributed by atoms with Crippen molar-refractivity contribution in [1.82, 2.24) is 9.21 Å². The number of morpholine rings is 1. The molecule has 9 heteroatoms. The fourth-order valence-corrected chi connectivity index (χ4v) is 6.00. The van der Waals surface area contributed by atoms with Gasteiger partial charge in [-0.1, -0.05) is 0 Å². The van der Waals surface area contributed by atoms with Gasteiger partial charge in [-0.05, 0) is 63.8 Å². The Hall–Kier alpha value is -1.97. The molecule has 3 unspecified atom stereocenters. The monoisotopic (exact) mass is 449 g/mol. The summed E-state index contributed by atoms with van der Waals surface area (Å²) in [4.78, 5) is 27.1. The Morgan fingerprint density at radius 1 is 0.968 bits per heavy atom. The highest BCUT2D eigenvalue weighted by Crippen LogP contribution is 2.32. The average molecular weight is 450 g/mol. The normalized spacial score (nSPS) is 27.7. The summed E-state index contributed by atoms with van der Waals surface area (Å²) in [5, 5.41) is 2.88. The number of anilines is 1. The molecule has 3 atom stereocenters. The predicted molar refractivity (Wildman–Crippen MR) is 116 cm³/mol. The zero-order chi connectivity index (χ0) is 22.2.